The lowest BCUT2D eigenvalue weighted by Crippen LogP contribution is -2.45. The fourth-order valence-electron chi connectivity index (χ4n) is 6.40. The van der Waals surface area contributed by atoms with Gasteiger partial charge in [-0.15, -0.1) is 0 Å². The average Bonchev–Trinajstić information content (AvgIpc) is 3.36. The first kappa shape index (κ1) is 29.4. The highest BCUT2D eigenvalue weighted by Crippen LogP contribution is 2.60. The van der Waals surface area contributed by atoms with E-state index in [2.05, 4.69) is 21.2 Å². The molecular weight excluding hydrogens is 607 g/mol. The van der Waals surface area contributed by atoms with Crippen molar-refractivity contribution in [2.24, 2.45) is 5.92 Å². The Morgan fingerprint density at radius 2 is 1.83 bits per heavy atom. The third-order valence-electron chi connectivity index (χ3n) is 8.24. The van der Waals surface area contributed by atoms with E-state index in [1.165, 1.54) is 0 Å². The molecule has 2 heterocycles. The lowest BCUT2D eigenvalue weighted by atomic mass is 9.82. The van der Waals surface area contributed by atoms with Crippen molar-refractivity contribution in [3.05, 3.63) is 87.9 Å². The number of carbonyl (C=O) groups is 2. The van der Waals surface area contributed by atoms with Gasteiger partial charge in [-0.2, -0.15) is 0 Å². The molecule has 2 amide bonds. The van der Waals surface area contributed by atoms with Crippen molar-refractivity contribution in [3.63, 3.8) is 0 Å². The van der Waals surface area contributed by atoms with Crippen LogP contribution >= 0.6 is 15.9 Å². The SMILES string of the molecule is COc1ccc(C(=O)Nc2ccc(CN3C(=O)[C@]4(O[C@H](CCO)[C@@H]([Si](C)(C)F)[C@@H]4C)c4cc(Br)ccc43)cc2)cc1. The molecule has 7 nitrogen and oxygen atoms in total. The average molecular weight is 642 g/mol. The Kier molecular flexibility index (Phi) is 8.13. The van der Waals surface area contributed by atoms with E-state index in [4.69, 9.17) is 9.47 Å². The van der Waals surface area contributed by atoms with Gasteiger partial charge in [0.2, 0.25) is 8.41 Å². The molecule has 5 rings (SSSR count). The van der Waals surface area contributed by atoms with Crippen molar-refractivity contribution in [2.45, 2.75) is 50.2 Å². The van der Waals surface area contributed by atoms with Gasteiger partial charge in [0.05, 0.1) is 25.4 Å². The molecule has 3 aromatic carbocycles. The number of amides is 2. The molecule has 10 heteroatoms. The van der Waals surface area contributed by atoms with E-state index >= 15 is 4.11 Å². The summed E-state index contributed by atoms with van der Waals surface area (Å²) in [4.78, 5) is 28.7. The third-order valence-corrected chi connectivity index (χ3v) is 11.2. The van der Waals surface area contributed by atoms with Crippen molar-refractivity contribution < 1.29 is 28.3 Å². The van der Waals surface area contributed by atoms with Crippen molar-refractivity contribution in [2.75, 3.05) is 23.9 Å². The second kappa shape index (κ2) is 11.3. The number of halogens is 2. The summed E-state index contributed by atoms with van der Waals surface area (Å²) < 4.78 is 28.2. The second-order valence-corrected chi connectivity index (χ2v) is 15.9. The molecule has 2 aliphatic rings. The third kappa shape index (κ3) is 5.34. The van der Waals surface area contributed by atoms with Crippen LogP contribution in [0.1, 0.15) is 34.8 Å². The van der Waals surface area contributed by atoms with Gasteiger partial charge in [0.1, 0.15) is 5.75 Å². The highest BCUT2D eigenvalue weighted by molar-refractivity contribution is 9.10. The van der Waals surface area contributed by atoms with Gasteiger partial charge in [-0.1, -0.05) is 35.0 Å². The number of nitrogens with one attached hydrogen (secondary N) is 1. The highest BCUT2D eigenvalue weighted by atomic mass is 79.9. The van der Waals surface area contributed by atoms with Crippen molar-refractivity contribution in [1.29, 1.82) is 0 Å². The zero-order valence-corrected chi connectivity index (χ0v) is 26.1. The highest BCUT2D eigenvalue weighted by Gasteiger charge is 2.66. The van der Waals surface area contributed by atoms with Gasteiger partial charge in [0.15, 0.2) is 5.60 Å². The van der Waals surface area contributed by atoms with E-state index in [1.54, 1.807) is 61.5 Å². The molecule has 0 radical (unpaired) electrons. The van der Waals surface area contributed by atoms with Crippen LogP contribution in [0.25, 0.3) is 0 Å². The topological polar surface area (TPSA) is 88.1 Å². The largest absolute Gasteiger partial charge is 0.497 e. The van der Waals surface area contributed by atoms with Gasteiger partial charge in [-0.05, 0) is 79.7 Å². The van der Waals surface area contributed by atoms with Crippen LogP contribution in [0.2, 0.25) is 18.6 Å². The molecule has 1 spiro atoms. The fraction of sp³-hybridized carbons (Fsp3) is 0.355. The van der Waals surface area contributed by atoms with Gasteiger partial charge in [0, 0.05) is 39.4 Å². The monoisotopic (exact) mass is 640 g/mol. The lowest BCUT2D eigenvalue weighted by molar-refractivity contribution is -0.146. The Hall–Kier alpha value is -3.05. The minimum atomic E-state index is -3.25. The Bertz CT molecular complexity index is 1450. The summed E-state index contributed by atoms with van der Waals surface area (Å²) >= 11 is 3.54. The fourth-order valence-corrected chi connectivity index (χ4v) is 9.30. The minimum absolute atomic E-state index is 0.140. The number of aliphatic hydroxyl groups is 1. The Labute approximate surface area is 249 Å². The Balaban J connectivity index is 1.40. The quantitative estimate of drug-likeness (QED) is 0.219. The first-order chi connectivity index (χ1) is 19.5. The standard InChI is InChI=1S/C31H34BrFN2O5Si/c1-19-28(41(3,4)33)27(15-16-36)40-31(19)25-17-22(32)9-14-26(25)35(30(31)38)18-20-5-10-23(11-6-20)34-29(37)21-7-12-24(39-2)13-8-21/h5-14,17,19,27-28,36H,15-16,18H2,1-4H3,(H,34,37)/t19-,27+,28-,31+/m0/s1. The number of hydrogen-bond acceptors (Lipinski definition) is 5. The molecule has 0 bridgehead atoms. The Morgan fingerprint density at radius 3 is 2.44 bits per heavy atom. The van der Waals surface area contributed by atoms with E-state index in [0.717, 1.165) is 21.3 Å². The van der Waals surface area contributed by atoms with E-state index in [1.807, 2.05) is 37.3 Å². The molecule has 0 aromatic heterocycles. The summed E-state index contributed by atoms with van der Waals surface area (Å²) in [5.74, 6) is -0.203. The van der Waals surface area contributed by atoms with Crippen LogP contribution in [-0.4, -0.2) is 45.1 Å². The van der Waals surface area contributed by atoms with Crippen LogP contribution in [0, 0.1) is 5.92 Å². The summed E-state index contributed by atoms with van der Waals surface area (Å²) in [6.07, 6.45) is -0.275. The van der Waals surface area contributed by atoms with Crippen LogP contribution in [-0.2, 0) is 21.7 Å². The number of rotatable bonds is 8. The van der Waals surface area contributed by atoms with Gasteiger partial charge in [0.25, 0.3) is 11.8 Å². The number of benzene rings is 3. The van der Waals surface area contributed by atoms with Crippen LogP contribution in [0.15, 0.2) is 71.2 Å². The van der Waals surface area contributed by atoms with E-state index in [-0.39, 0.29) is 31.4 Å². The first-order valence-corrected chi connectivity index (χ1v) is 17.4. The molecule has 41 heavy (non-hydrogen) atoms. The summed E-state index contributed by atoms with van der Waals surface area (Å²) in [6, 6.07) is 19.9. The maximum absolute atomic E-state index is 15.7. The maximum Gasteiger partial charge on any atom is 0.264 e. The molecule has 216 valence electrons. The minimum Gasteiger partial charge on any atom is -0.497 e. The first-order valence-electron chi connectivity index (χ1n) is 13.6. The number of anilines is 2. The van der Waals surface area contributed by atoms with Crippen LogP contribution in [0.4, 0.5) is 15.5 Å². The van der Waals surface area contributed by atoms with Gasteiger partial charge >= 0.3 is 0 Å². The molecular formula is C31H34BrFN2O5Si. The van der Waals surface area contributed by atoms with Crippen LogP contribution in [0.5, 0.6) is 5.75 Å². The van der Waals surface area contributed by atoms with Crippen molar-refractivity contribution in [3.8, 4) is 5.75 Å². The zero-order chi connectivity index (χ0) is 29.5. The molecule has 0 unspecified atom stereocenters. The van der Waals surface area contributed by atoms with Crippen LogP contribution in [0.3, 0.4) is 0 Å². The molecule has 0 aliphatic carbocycles. The predicted molar refractivity (Wildman–Crippen MR) is 162 cm³/mol. The summed E-state index contributed by atoms with van der Waals surface area (Å²) in [5.41, 5.74) is 1.67. The summed E-state index contributed by atoms with van der Waals surface area (Å²) in [6.45, 7) is 5.34. The number of fused-ring (bicyclic) bond motifs is 2. The predicted octanol–water partition coefficient (Wildman–Crippen LogP) is 6.41. The summed E-state index contributed by atoms with van der Waals surface area (Å²) in [5, 5.41) is 12.6. The second-order valence-electron chi connectivity index (χ2n) is 11.2. The molecule has 2 N–H and O–H groups in total. The number of carbonyl (C=O) groups excluding carboxylic acids is 2. The molecule has 0 saturated carbocycles. The van der Waals surface area contributed by atoms with E-state index in [0.29, 0.717) is 17.0 Å². The molecule has 1 fully saturated rings. The maximum atomic E-state index is 15.7. The van der Waals surface area contributed by atoms with Gasteiger partial charge in [-0.25, -0.2) is 0 Å². The van der Waals surface area contributed by atoms with E-state index in [9.17, 15) is 14.7 Å². The van der Waals surface area contributed by atoms with E-state index < -0.39 is 31.6 Å². The normalized spacial score (nSPS) is 23.6. The molecule has 3 aromatic rings. The Morgan fingerprint density at radius 1 is 1.15 bits per heavy atom. The van der Waals surface area contributed by atoms with Crippen LogP contribution < -0.4 is 15.0 Å². The van der Waals surface area contributed by atoms with Gasteiger partial charge < -0.3 is 28.9 Å². The molecule has 2 aliphatic heterocycles. The molecule has 1 saturated heterocycles. The number of aliphatic hydroxyl groups excluding tert-OH is 1. The van der Waals surface area contributed by atoms with Gasteiger partial charge in [-0.3, -0.25) is 9.59 Å². The lowest BCUT2D eigenvalue weighted by Gasteiger charge is -2.31. The number of hydrogen-bond donors (Lipinski definition) is 2. The summed E-state index contributed by atoms with van der Waals surface area (Å²) in [7, 11) is -1.68. The zero-order valence-electron chi connectivity index (χ0n) is 23.5. The number of methoxy groups -OCH3 is 1. The van der Waals surface area contributed by atoms with Crippen molar-refractivity contribution >= 4 is 47.5 Å². The number of nitrogens with zero attached hydrogens (tertiary/aromatic N) is 1. The van der Waals surface area contributed by atoms with Crippen molar-refractivity contribution in [1.82, 2.24) is 0 Å². The smallest absolute Gasteiger partial charge is 0.264 e. The number of ether oxygens (including phenoxy) is 2. The molecule has 4 atom stereocenters.